The van der Waals surface area contributed by atoms with Crippen molar-refractivity contribution in [1.29, 1.82) is 0 Å². The highest BCUT2D eigenvalue weighted by atomic mass is 35.5. The van der Waals surface area contributed by atoms with Crippen LogP contribution >= 0.6 is 22.9 Å². The number of anilines is 1. The van der Waals surface area contributed by atoms with Gasteiger partial charge in [-0.2, -0.15) is 5.10 Å². The molecule has 0 bridgehead atoms. The van der Waals surface area contributed by atoms with Crippen molar-refractivity contribution in [2.45, 2.75) is 13.5 Å². The number of carbonyl (C=O) groups is 1. The van der Waals surface area contributed by atoms with Crippen LogP contribution in [0.1, 0.15) is 5.69 Å². The van der Waals surface area contributed by atoms with E-state index in [-0.39, 0.29) is 18.0 Å². The van der Waals surface area contributed by atoms with E-state index in [1.54, 1.807) is 30.3 Å². The maximum Gasteiger partial charge on any atom is 0.275 e. The molecule has 130 valence electrons. The number of benzene rings is 2. The van der Waals surface area contributed by atoms with Crippen molar-refractivity contribution in [3.05, 3.63) is 63.5 Å². The van der Waals surface area contributed by atoms with Crippen LogP contribution in [0.15, 0.2) is 47.3 Å². The van der Waals surface area contributed by atoms with Gasteiger partial charge in [0.05, 0.1) is 21.3 Å². The molecule has 0 aliphatic heterocycles. The highest BCUT2D eigenvalue weighted by Gasteiger charge is 2.13. The molecule has 6 nitrogen and oxygen atoms in total. The molecule has 0 atom stereocenters. The zero-order chi connectivity index (χ0) is 18.3. The molecule has 4 aromatic rings. The lowest BCUT2D eigenvalue weighted by molar-refractivity contribution is -0.117. The number of fused-ring (bicyclic) bond motifs is 2. The summed E-state index contributed by atoms with van der Waals surface area (Å²) in [7, 11) is 0. The monoisotopic (exact) mass is 384 g/mol. The summed E-state index contributed by atoms with van der Waals surface area (Å²) < 4.78 is 2.06. The molecule has 0 unspecified atom stereocenters. The highest BCUT2D eigenvalue weighted by Crippen LogP contribution is 2.28. The third kappa shape index (κ3) is 3.07. The molecule has 0 fully saturated rings. The molecular weight excluding hydrogens is 372 g/mol. The first kappa shape index (κ1) is 16.7. The Hall–Kier alpha value is -2.77. The zero-order valence-electron chi connectivity index (χ0n) is 13.7. The Balaban J connectivity index is 1.60. The van der Waals surface area contributed by atoms with Gasteiger partial charge in [-0.3, -0.25) is 9.59 Å². The van der Waals surface area contributed by atoms with Gasteiger partial charge < -0.3 is 5.32 Å². The lowest BCUT2D eigenvalue weighted by Gasteiger charge is -2.08. The van der Waals surface area contributed by atoms with E-state index in [1.807, 2.05) is 19.1 Å². The Labute approximate surface area is 157 Å². The van der Waals surface area contributed by atoms with Gasteiger partial charge in [0.25, 0.3) is 5.56 Å². The number of hydrogen-bond donors (Lipinski definition) is 1. The molecular formula is C18H13ClN4O2S. The summed E-state index contributed by atoms with van der Waals surface area (Å²) in [6, 6.07) is 12.6. The van der Waals surface area contributed by atoms with Crippen LogP contribution in [-0.2, 0) is 11.3 Å². The summed E-state index contributed by atoms with van der Waals surface area (Å²) in [6.07, 6.45) is 0. The van der Waals surface area contributed by atoms with Gasteiger partial charge in [-0.1, -0.05) is 41.1 Å². The van der Waals surface area contributed by atoms with Gasteiger partial charge in [0, 0.05) is 10.4 Å². The molecule has 0 aliphatic carbocycles. The van der Waals surface area contributed by atoms with E-state index < -0.39 is 0 Å². The Morgan fingerprint density at radius 3 is 2.81 bits per heavy atom. The predicted octanol–water partition coefficient (Wildman–Crippen LogP) is 3.61. The van der Waals surface area contributed by atoms with E-state index in [1.165, 1.54) is 16.0 Å². The maximum absolute atomic E-state index is 12.5. The van der Waals surface area contributed by atoms with E-state index in [0.29, 0.717) is 21.2 Å². The Bertz CT molecular complexity index is 1210. The minimum absolute atomic E-state index is 0.179. The first-order valence-electron chi connectivity index (χ1n) is 7.84. The number of nitrogens with one attached hydrogen (secondary N) is 1. The normalized spacial score (nSPS) is 11.2. The van der Waals surface area contributed by atoms with E-state index in [4.69, 9.17) is 11.6 Å². The molecule has 0 saturated carbocycles. The minimum Gasteiger partial charge on any atom is -0.300 e. The lowest BCUT2D eigenvalue weighted by atomic mass is 10.1. The Kier molecular flexibility index (Phi) is 4.18. The number of hydrogen-bond acceptors (Lipinski definition) is 5. The fourth-order valence-electron chi connectivity index (χ4n) is 2.76. The van der Waals surface area contributed by atoms with Crippen LogP contribution in [0, 0.1) is 6.92 Å². The summed E-state index contributed by atoms with van der Waals surface area (Å²) >= 11 is 7.29. The Morgan fingerprint density at radius 2 is 2.00 bits per heavy atom. The smallest absolute Gasteiger partial charge is 0.275 e. The molecule has 1 amide bonds. The third-order valence-electron chi connectivity index (χ3n) is 3.94. The standard InChI is InChI=1S/C18H13ClN4O2S/c1-10-12-4-2-3-5-13(12)17(25)23(22-10)9-16(24)21-18-20-14-7-6-11(19)8-15(14)26-18/h2-8H,9H2,1H3,(H,20,21,24). The van der Waals surface area contributed by atoms with Crippen molar-refractivity contribution in [2.75, 3.05) is 5.32 Å². The summed E-state index contributed by atoms with van der Waals surface area (Å²) in [5, 5.41) is 9.37. The number of aromatic nitrogens is 3. The molecule has 0 saturated heterocycles. The van der Waals surface area contributed by atoms with Crippen LogP contribution in [0.25, 0.3) is 21.0 Å². The minimum atomic E-state index is -0.362. The molecule has 0 radical (unpaired) electrons. The van der Waals surface area contributed by atoms with E-state index in [9.17, 15) is 9.59 Å². The largest absolute Gasteiger partial charge is 0.300 e. The average Bonchev–Trinajstić information content (AvgIpc) is 3.00. The van der Waals surface area contributed by atoms with Crippen LogP contribution < -0.4 is 10.9 Å². The molecule has 4 rings (SSSR count). The van der Waals surface area contributed by atoms with Crippen LogP contribution in [0.4, 0.5) is 5.13 Å². The number of amides is 1. The van der Waals surface area contributed by atoms with Crippen LogP contribution in [0.5, 0.6) is 0 Å². The highest BCUT2D eigenvalue weighted by molar-refractivity contribution is 7.22. The molecule has 26 heavy (non-hydrogen) atoms. The zero-order valence-corrected chi connectivity index (χ0v) is 15.3. The van der Waals surface area contributed by atoms with Crippen molar-refractivity contribution in [2.24, 2.45) is 0 Å². The van der Waals surface area contributed by atoms with Crippen LogP contribution in [0.3, 0.4) is 0 Å². The molecule has 1 N–H and O–H groups in total. The summed E-state index contributed by atoms with van der Waals surface area (Å²) in [4.78, 5) is 29.2. The SMILES string of the molecule is Cc1nn(CC(=O)Nc2nc3ccc(Cl)cc3s2)c(=O)c2ccccc12. The van der Waals surface area contributed by atoms with Gasteiger partial charge in [0.2, 0.25) is 5.91 Å². The lowest BCUT2D eigenvalue weighted by Crippen LogP contribution is -2.30. The van der Waals surface area contributed by atoms with Crippen LogP contribution in [0.2, 0.25) is 5.02 Å². The number of aryl methyl sites for hydroxylation is 1. The second-order valence-corrected chi connectivity index (χ2v) is 7.24. The van der Waals surface area contributed by atoms with E-state index in [2.05, 4.69) is 15.4 Å². The van der Waals surface area contributed by atoms with Crippen molar-refractivity contribution in [3.63, 3.8) is 0 Å². The van der Waals surface area contributed by atoms with E-state index in [0.717, 1.165) is 15.6 Å². The topological polar surface area (TPSA) is 76.9 Å². The first-order valence-corrected chi connectivity index (χ1v) is 9.03. The van der Waals surface area contributed by atoms with Crippen molar-refractivity contribution >= 4 is 55.0 Å². The van der Waals surface area contributed by atoms with Crippen LogP contribution in [-0.4, -0.2) is 20.7 Å². The van der Waals surface area contributed by atoms with Crippen molar-refractivity contribution in [1.82, 2.24) is 14.8 Å². The quantitative estimate of drug-likeness (QED) is 0.585. The second-order valence-electron chi connectivity index (χ2n) is 5.77. The molecule has 0 spiro atoms. The summed E-state index contributed by atoms with van der Waals surface area (Å²) in [6.45, 7) is 1.63. The maximum atomic E-state index is 12.5. The summed E-state index contributed by atoms with van der Waals surface area (Å²) in [5.41, 5.74) is 1.16. The number of thiazole rings is 1. The summed E-state index contributed by atoms with van der Waals surface area (Å²) in [5.74, 6) is -0.362. The van der Waals surface area contributed by atoms with E-state index >= 15 is 0 Å². The third-order valence-corrected chi connectivity index (χ3v) is 5.11. The van der Waals surface area contributed by atoms with Gasteiger partial charge in [-0.05, 0) is 31.2 Å². The predicted molar refractivity (Wildman–Crippen MR) is 104 cm³/mol. The Morgan fingerprint density at radius 1 is 1.23 bits per heavy atom. The molecule has 2 aromatic carbocycles. The number of halogens is 1. The first-order chi connectivity index (χ1) is 12.5. The van der Waals surface area contributed by atoms with Gasteiger partial charge >= 0.3 is 0 Å². The molecule has 8 heteroatoms. The van der Waals surface area contributed by atoms with Crippen molar-refractivity contribution < 1.29 is 4.79 Å². The second kappa shape index (κ2) is 6.51. The van der Waals surface area contributed by atoms with Crippen molar-refractivity contribution in [3.8, 4) is 0 Å². The fourth-order valence-corrected chi connectivity index (χ4v) is 3.92. The molecule has 0 aliphatic rings. The number of rotatable bonds is 3. The average molecular weight is 385 g/mol. The number of nitrogens with zero attached hydrogens (tertiary/aromatic N) is 3. The molecule has 2 heterocycles. The fraction of sp³-hybridized carbons (Fsp3) is 0.111. The van der Waals surface area contributed by atoms with Gasteiger partial charge in [0.1, 0.15) is 6.54 Å². The molecule has 2 aromatic heterocycles. The van der Waals surface area contributed by atoms with Gasteiger partial charge in [-0.25, -0.2) is 9.67 Å². The number of carbonyl (C=O) groups excluding carboxylic acids is 1. The van der Waals surface area contributed by atoms with Gasteiger partial charge in [-0.15, -0.1) is 0 Å². The van der Waals surface area contributed by atoms with Gasteiger partial charge in [0.15, 0.2) is 5.13 Å².